The summed E-state index contributed by atoms with van der Waals surface area (Å²) in [6.07, 6.45) is 16.9. The second kappa shape index (κ2) is 37.9. The minimum absolute atomic E-state index is 0.0162. The molecule has 6 aromatic rings. The van der Waals surface area contributed by atoms with Crippen LogP contribution in [0, 0.1) is 22.7 Å². The molecule has 11 saturated carbocycles. The Labute approximate surface area is 796 Å². The minimum atomic E-state index is -3.29. The van der Waals surface area contributed by atoms with Crippen LogP contribution in [0.4, 0.5) is 0 Å². The van der Waals surface area contributed by atoms with Crippen molar-refractivity contribution < 1.29 is 107 Å². The Morgan fingerprint density at radius 1 is 0.471 bits per heavy atom. The van der Waals surface area contributed by atoms with Crippen LogP contribution in [-0.2, 0) is 119 Å². The van der Waals surface area contributed by atoms with Crippen molar-refractivity contribution >= 4 is 109 Å². The molecule has 8 N–H and O–H groups in total. The number of carbonyl (C=O) groups is 9. The molecule has 8 heterocycles. The fourth-order valence-corrected chi connectivity index (χ4v) is 29.3. The monoisotopic (exact) mass is 2020 g/mol. The predicted molar refractivity (Wildman–Crippen MR) is 491 cm³/mol. The van der Waals surface area contributed by atoms with E-state index in [1.807, 2.05) is 24.3 Å². The highest BCUT2D eigenvalue weighted by molar-refractivity contribution is 9.09. The number of ketones is 1. The summed E-state index contributed by atoms with van der Waals surface area (Å²) in [5.74, 6) is -4.22. The molecule has 11 aliphatic carbocycles. The molecule has 4 aliphatic heterocycles. The maximum Gasteiger partial charge on any atom is 0.359 e. The van der Waals surface area contributed by atoms with E-state index in [9.17, 15) is 97.2 Å². The highest BCUT2D eigenvalue weighted by atomic mass is 79.9. The summed E-state index contributed by atoms with van der Waals surface area (Å²) in [6, 6.07) is 18.2. The average Bonchev–Trinajstić information content (AvgIpc) is 1.48. The van der Waals surface area contributed by atoms with Gasteiger partial charge in [-0.3, -0.25) is 47.5 Å². The third-order valence-corrected chi connectivity index (χ3v) is 42.2. The Morgan fingerprint density at radius 2 is 0.801 bits per heavy atom. The van der Waals surface area contributed by atoms with Gasteiger partial charge in [-0.25, -0.2) is 48.1 Å². The van der Waals surface area contributed by atoms with E-state index < -0.39 is 94.2 Å². The molecule has 15 aliphatic rings. The molecule has 136 heavy (non-hydrogen) atoms. The number of nitrogens with two attached hydrogens (primary N) is 1. The Hall–Kier alpha value is -10.2. The molecule has 732 valence electrons. The number of esters is 2. The van der Waals surface area contributed by atoms with Crippen molar-refractivity contribution in [2.75, 3.05) is 64.4 Å². The first-order valence-electron chi connectivity index (χ1n) is 46.8. The molecule has 5 amide bonds. The number of benzene rings is 2. The van der Waals surface area contributed by atoms with Crippen molar-refractivity contribution in [3.05, 3.63) is 139 Å². The standard InChI is InChI=1S/C26H29N5O5S.C20H27N3O6S.C18H23N3O6S.C13H17N3O4.C8H8N2.C7H11BrO2S/c1-2-19(32)15-31-23-21(22(29-31)24(33)28-14-18-5-3-17(13-27)4-6-18)9-12-30(25(23)34)16-26(10-11-26)37(35,36)20-7-8-20;1-2-29-18(25)15-14-5-10-22(12-20(8-9-20)30(27,28)13-3-4-13)17(24)16(14)23(21-15)11-19(26)6-7-19;22-15-14-12(13(16(23)24)19-21(14)9-17(25)4-5-17)3-8-20(15)10-18(6-7-18)28(26,27)11-1-2-11;1-2-20-12(18)9-8-3-6-14-11(17)10(8)16(15-9)7-13(19)4-5-13;9-5-7-1-2-8(6-10)4-3-7;8-5-7(3-4-7)11(9,10)6-1-2-6/h3-6,20H,2,7-12,14-16H2,1H3,(H,28,33);13,26H,2-12H2,1H3;11,25H,1-10H2,(H,23,24);19H,2-7H2,1H3,(H,14,17);1-4H,5,9H2;6H,1-5H2. The van der Waals surface area contributed by atoms with Gasteiger partial charge in [0, 0.05) is 92.9 Å². The lowest BCUT2D eigenvalue weighted by Crippen LogP contribution is -2.47. The summed E-state index contributed by atoms with van der Waals surface area (Å²) in [6.45, 7) is 8.55. The SMILES string of the molecule is CCC(=O)Cn1nc(C(=O)NCc2ccc(C#N)cc2)c2c1C(=O)N(CC1(S(=O)(=O)C3CC3)CC1)CC2.CCOC(=O)c1nn(CC2(O)CC2)c2c1CCN(CC1(S(=O)(=O)C3CC3)CC1)C2=O.CCOC(=O)c1nn(CC2(O)CC2)c2c1CCNC2=O.N#Cc1ccc(CN)cc1.O=C(O)c1nn(CC2(O)CC2)c2c1CCN(CC1(S(=O)(=O)C3CC3)CC1)C2=O.O=S(=O)(C1CC1)C1(CBr)CC1. The number of rotatable bonds is 33. The van der Waals surface area contributed by atoms with Gasteiger partial charge < -0.3 is 61.0 Å². The normalized spacial score (nSPS) is 21.1. The van der Waals surface area contributed by atoms with E-state index in [0.717, 1.165) is 49.7 Å². The number of hydrogen-bond donors (Lipinski definition) is 7. The van der Waals surface area contributed by atoms with E-state index in [-0.39, 0.29) is 180 Å². The zero-order chi connectivity index (χ0) is 97.4. The van der Waals surface area contributed by atoms with E-state index >= 15 is 0 Å². The summed E-state index contributed by atoms with van der Waals surface area (Å²) in [5.41, 5.74) is 9.10. The van der Waals surface area contributed by atoms with Gasteiger partial charge in [0.25, 0.3) is 29.5 Å². The molecule has 2 aromatic carbocycles. The molecule has 0 spiro atoms. The number of Topliss-reactive ketones (excluding diaryl/α,β-unsaturated/α-hetero) is 1. The molecule has 0 bridgehead atoms. The van der Waals surface area contributed by atoms with Crippen LogP contribution < -0.4 is 16.4 Å². The summed E-state index contributed by atoms with van der Waals surface area (Å²) in [4.78, 5) is 118. The summed E-state index contributed by atoms with van der Waals surface area (Å²) < 4.78 is 113. The molecule has 44 heteroatoms. The number of aliphatic hydroxyl groups is 3. The Balaban J connectivity index is 0.000000124. The van der Waals surface area contributed by atoms with Gasteiger partial charge in [-0.05, 0) is 216 Å². The maximum absolute atomic E-state index is 13.6. The van der Waals surface area contributed by atoms with Crippen LogP contribution in [0.2, 0.25) is 0 Å². The third kappa shape index (κ3) is 20.5. The number of amides is 5. The number of nitrogens with zero attached hydrogens (tertiary/aromatic N) is 13. The lowest BCUT2D eigenvalue weighted by molar-refractivity contribution is -0.119. The topological polar surface area (TPSA) is 568 Å². The molecule has 0 atom stereocenters. The van der Waals surface area contributed by atoms with Gasteiger partial charge in [-0.2, -0.15) is 30.9 Å². The van der Waals surface area contributed by atoms with Gasteiger partial charge >= 0.3 is 17.9 Å². The van der Waals surface area contributed by atoms with E-state index in [1.54, 1.807) is 67.0 Å². The first-order valence-corrected chi connectivity index (χ1v) is 54.2. The number of hydrogen-bond acceptors (Lipinski definition) is 29. The fourth-order valence-electron chi connectivity index (χ4n) is 18.1. The van der Waals surface area contributed by atoms with Crippen molar-refractivity contribution in [3.8, 4) is 12.1 Å². The number of nitrogens with one attached hydrogen (secondary N) is 2. The Bertz CT molecular complexity index is 6350. The number of ether oxygens (including phenoxy) is 2. The summed E-state index contributed by atoms with van der Waals surface area (Å²) in [7, 11) is -12.5. The quantitative estimate of drug-likeness (QED) is 0.0209. The summed E-state index contributed by atoms with van der Waals surface area (Å²) in [5, 5.41) is 79.9. The van der Waals surface area contributed by atoms with Crippen LogP contribution in [0.15, 0.2) is 48.5 Å². The maximum atomic E-state index is 13.6. The van der Waals surface area contributed by atoms with Gasteiger partial charge in [0.15, 0.2) is 67.9 Å². The van der Waals surface area contributed by atoms with E-state index in [4.69, 9.17) is 25.7 Å². The van der Waals surface area contributed by atoms with E-state index in [2.05, 4.69) is 47.0 Å². The fraction of sp³-hybridized carbons (Fsp3) is 0.620. The smallest absolute Gasteiger partial charge is 0.359 e. The van der Waals surface area contributed by atoms with Gasteiger partial charge in [-0.15, -0.1) is 0 Å². The van der Waals surface area contributed by atoms with Gasteiger partial charge in [0.05, 0.1) is 113 Å². The van der Waals surface area contributed by atoms with Gasteiger partial charge in [-0.1, -0.05) is 47.1 Å². The Morgan fingerprint density at radius 3 is 1.13 bits per heavy atom. The van der Waals surface area contributed by atoms with Crippen molar-refractivity contribution in [3.63, 3.8) is 0 Å². The number of aromatic nitrogens is 8. The molecular formula is C92H115BrN16O23S4. The van der Waals surface area contributed by atoms with Crippen LogP contribution in [0.5, 0.6) is 0 Å². The highest BCUT2D eigenvalue weighted by Gasteiger charge is 2.64. The van der Waals surface area contributed by atoms with Crippen LogP contribution in [-0.4, -0.2) is 282 Å². The first-order chi connectivity index (χ1) is 64.6. The van der Waals surface area contributed by atoms with Crippen molar-refractivity contribution in [2.24, 2.45) is 5.73 Å². The molecule has 0 unspecified atom stereocenters. The second-order valence-corrected chi connectivity index (χ2v) is 50.0. The third-order valence-electron chi connectivity index (χ3n) is 28.4. The number of fused-ring (bicyclic) bond motifs is 4. The second-order valence-electron chi connectivity index (χ2n) is 38.9. The zero-order valence-corrected chi connectivity index (χ0v) is 81.1. The predicted octanol–water partition coefficient (Wildman–Crippen LogP) is 5.06. The molecule has 0 radical (unpaired) electrons. The molecule has 39 nitrogen and oxygen atoms in total. The van der Waals surface area contributed by atoms with Crippen molar-refractivity contribution in [1.29, 1.82) is 10.5 Å². The molecule has 11 fully saturated rings. The lowest BCUT2D eigenvalue weighted by atomic mass is 10.0. The molecular weight excluding hydrogens is 1910 g/mol. The largest absolute Gasteiger partial charge is 0.476 e. The Kier molecular flexibility index (Phi) is 27.5. The van der Waals surface area contributed by atoms with Crippen molar-refractivity contribution in [2.45, 2.75) is 290 Å². The summed E-state index contributed by atoms with van der Waals surface area (Å²) >= 11 is 3.29. The number of carboxylic acid groups (broad SMARTS) is 1. The number of carbonyl (C=O) groups excluding carboxylic acids is 8. The number of aromatic carboxylic acids is 1. The number of halogens is 1. The molecule has 4 aromatic heterocycles. The number of alkyl halides is 1. The van der Waals surface area contributed by atoms with Gasteiger partial charge in [0.1, 0.15) is 29.3 Å². The highest BCUT2D eigenvalue weighted by Crippen LogP contribution is 2.55. The van der Waals surface area contributed by atoms with Crippen LogP contribution >= 0.6 is 15.9 Å². The molecule has 0 saturated heterocycles. The van der Waals surface area contributed by atoms with Gasteiger partial charge in [0.2, 0.25) is 0 Å². The van der Waals surface area contributed by atoms with E-state index in [1.165, 1.54) is 23.6 Å². The van der Waals surface area contributed by atoms with Crippen LogP contribution in [0.1, 0.15) is 297 Å². The number of nitriles is 2. The molecule has 21 rings (SSSR count). The van der Waals surface area contributed by atoms with Crippen LogP contribution in [0.3, 0.4) is 0 Å². The zero-order valence-electron chi connectivity index (χ0n) is 76.3. The average molecular weight is 2020 g/mol. The lowest BCUT2D eigenvalue weighted by Gasteiger charge is -2.31. The number of carboxylic acids is 1. The van der Waals surface area contributed by atoms with E-state index in [0.29, 0.717) is 192 Å². The van der Waals surface area contributed by atoms with Crippen molar-refractivity contribution in [1.82, 2.24) is 64.5 Å². The first kappa shape index (κ1) is 98.8. The van der Waals surface area contributed by atoms with Crippen LogP contribution in [0.25, 0.3) is 0 Å². The minimum Gasteiger partial charge on any atom is -0.476 e. The number of sulfone groups is 4.